The minimum Gasteiger partial charge on any atom is -0.452 e. The molecular formula is C54H30N4O. The summed E-state index contributed by atoms with van der Waals surface area (Å²) in [6, 6.07) is 65.4. The minimum atomic E-state index is 0.603. The highest BCUT2D eigenvalue weighted by Gasteiger charge is 2.27. The first-order valence-electron chi connectivity index (χ1n) is 20.1. The smallest absolute Gasteiger partial charge is 0.236 e. The molecule has 0 radical (unpaired) electrons. The molecule has 9 aromatic carbocycles. The average molecular weight is 751 g/mol. The zero-order chi connectivity index (χ0) is 38.3. The summed E-state index contributed by atoms with van der Waals surface area (Å²) in [7, 11) is 0. The summed E-state index contributed by atoms with van der Waals surface area (Å²) in [5.74, 6) is 0.603. The molecule has 5 heteroatoms. The van der Waals surface area contributed by atoms with Crippen LogP contribution in [0.5, 0.6) is 0 Å². The van der Waals surface area contributed by atoms with Crippen molar-refractivity contribution in [3.8, 4) is 45.1 Å². The first-order chi connectivity index (χ1) is 29.3. The van der Waals surface area contributed by atoms with E-state index >= 15 is 0 Å². The Morgan fingerprint density at radius 1 is 0.373 bits per heavy atom. The van der Waals surface area contributed by atoms with Gasteiger partial charge >= 0.3 is 0 Å². The molecule has 0 fully saturated rings. The summed E-state index contributed by atoms with van der Waals surface area (Å²) < 4.78 is 11.5. The molecule has 1 aliphatic rings. The van der Waals surface area contributed by atoms with E-state index in [1.807, 2.05) is 12.1 Å². The second-order valence-corrected chi connectivity index (χ2v) is 15.7. The number of hydrogen-bond donors (Lipinski definition) is 0. The van der Waals surface area contributed by atoms with Crippen LogP contribution in [-0.2, 0) is 0 Å². The Labute approximate surface area is 336 Å². The fourth-order valence-corrected chi connectivity index (χ4v) is 10.2. The van der Waals surface area contributed by atoms with Gasteiger partial charge in [0.25, 0.3) is 0 Å². The maximum absolute atomic E-state index is 6.71. The van der Waals surface area contributed by atoms with E-state index < -0.39 is 0 Å². The molecule has 14 rings (SSSR count). The highest BCUT2D eigenvalue weighted by atomic mass is 16.3. The predicted octanol–water partition coefficient (Wildman–Crippen LogP) is 14.2. The fraction of sp³-hybridized carbons (Fsp3) is 0. The molecule has 0 bridgehead atoms. The molecule has 272 valence electrons. The van der Waals surface area contributed by atoms with Crippen LogP contribution in [0.1, 0.15) is 0 Å². The van der Waals surface area contributed by atoms with E-state index in [4.69, 9.17) is 14.4 Å². The third-order valence-corrected chi connectivity index (χ3v) is 12.7. The minimum absolute atomic E-state index is 0.603. The van der Waals surface area contributed by atoms with Crippen molar-refractivity contribution in [3.05, 3.63) is 182 Å². The monoisotopic (exact) mass is 750 g/mol. The number of nitrogens with zero attached hydrogens (tertiary/aromatic N) is 4. The van der Waals surface area contributed by atoms with Gasteiger partial charge in [-0.1, -0.05) is 140 Å². The zero-order valence-electron chi connectivity index (χ0n) is 31.5. The normalized spacial score (nSPS) is 12.4. The molecule has 5 nitrogen and oxygen atoms in total. The Bertz CT molecular complexity index is 3980. The van der Waals surface area contributed by atoms with Gasteiger partial charge in [0.1, 0.15) is 16.8 Å². The molecule has 0 amide bonds. The van der Waals surface area contributed by atoms with Crippen molar-refractivity contribution in [2.24, 2.45) is 0 Å². The van der Waals surface area contributed by atoms with Crippen molar-refractivity contribution in [2.75, 3.05) is 0 Å². The highest BCUT2D eigenvalue weighted by Crippen LogP contribution is 2.48. The van der Waals surface area contributed by atoms with Gasteiger partial charge in [0.05, 0.1) is 27.8 Å². The molecule has 1 aliphatic heterocycles. The molecule has 0 spiro atoms. The van der Waals surface area contributed by atoms with Crippen molar-refractivity contribution in [1.82, 2.24) is 19.1 Å². The third kappa shape index (κ3) is 4.08. The molecule has 4 aromatic heterocycles. The summed E-state index contributed by atoms with van der Waals surface area (Å²) in [4.78, 5) is 11.0. The van der Waals surface area contributed by atoms with E-state index in [1.165, 1.54) is 60.5 Å². The van der Waals surface area contributed by atoms with Gasteiger partial charge in [-0.25, -0.2) is 9.97 Å². The third-order valence-electron chi connectivity index (χ3n) is 12.7. The lowest BCUT2D eigenvalue weighted by molar-refractivity contribution is 0.666. The topological polar surface area (TPSA) is 48.8 Å². The number of furan rings is 1. The van der Waals surface area contributed by atoms with Gasteiger partial charge < -0.3 is 8.98 Å². The molecule has 5 heterocycles. The van der Waals surface area contributed by atoms with Crippen molar-refractivity contribution >= 4 is 87.2 Å². The standard InChI is InChI=1S/C54H30N4O/c1-2-15-32-31(14-1)28-44(36-19-6-3-16-33(32)36)51-53-50(41-22-9-12-27-49(41)59-53)55-54(56-51)58-46-26-11-8-21-38(46)42-29-47-43(30-48(42)58)40-24-13-23-39-35-18-5-4-17-34(35)37-20-7-10-25-45(37)57(47)52(39)40/h1-30H. The highest BCUT2D eigenvalue weighted by molar-refractivity contribution is 6.22. The first-order valence-corrected chi connectivity index (χ1v) is 20.1. The van der Waals surface area contributed by atoms with Crippen LogP contribution in [0.4, 0.5) is 0 Å². The number of aromatic nitrogens is 4. The van der Waals surface area contributed by atoms with Crippen LogP contribution in [0, 0.1) is 0 Å². The van der Waals surface area contributed by atoms with Crippen LogP contribution in [0.25, 0.3) is 132 Å². The molecule has 0 N–H and O–H groups in total. The van der Waals surface area contributed by atoms with Crippen LogP contribution >= 0.6 is 0 Å². The van der Waals surface area contributed by atoms with Crippen LogP contribution in [0.2, 0.25) is 0 Å². The molecule has 0 atom stereocenters. The van der Waals surface area contributed by atoms with E-state index in [0.717, 1.165) is 60.3 Å². The van der Waals surface area contributed by atoms with Crippen LogP contribution in [0.3, 0.4) is 0 Å². The van der Waals surface area contributed by atoms with Crippen molar-refractivity contribution in [1.29, 1.82) is 0 Å². The molecule has 0 unspecified atom stereocenters. The summed E-state index contributed by atoms with van der Waals surface area (Å²) in [5.41, 5.74) is 14.7. The number of hydrogen-bond acceptors (Lipinski definition) is 3. The second kappa shape index (κ2) is 11.3. The van der Waals surface area contributed by atoms with Crippen molar-refractivity contribution in [3.63, 3.8) is 0 Å². The second-order valence-electron chi connectivity index (χ2n) is 15.7. The van der Waals surface area contributed by atoms with E-state index in [9.17, 15) is 0 Å². The number of para-hydroxylation sites is 4. The largest absolute Gasteiger partial charge is 0.452 e. The van der Waals surface area contributed by atoms with Crippen molar-refractivity contribution in [2.45, 2.75) is 0 Å². The lowest BCUT2D eigenvalue weighted by atomic mass is 9.94. The van der Waals surface area contributed by atoms with Gasteiger partial charge in [0.2, 0.25) is 5.95 Å². The molecule has 0 saturated carbocycles. The zero-order valence-corrected chi connectivity index (χ0v) is 31.5. The summed E-state index contributed by atoms with van der Waals surface area (Å²) in [6.07, 6.45) is 0. The molecular weight excluding hydrogens is 721 g/mol. The predicted molar refractivity (Wildman–Crippen MR) is 243 cm³/mol. The van der Waals surface area contributed by atoms with Crippen LogP contribution in [-0.4, -0.2) is 19.1 Å². The van der Waals surface area contributed by atoms with Gasteiger partial charge in [-0.15, -0.1) is 0 Å². The first kappa shape index (κ1) is 31.1. The number of benzene rings is 9. The van der Waals surface area contributed by atoms with Gasteiger partial charge in [0, 0.05) is 43.6 Å². The van der Waals surface area contributed by atoms with Gasteiger partial charge in [-0.3, -0.25) is 4.57 Å². The molecule has 59 heavy (non-hydrogen) atoms. The van der Waals surface area contributed by atoms with Crippen LogP contribution < -0.4 is 0 Å². The lowest BCUT2D eigenvalue weighted by Gasteiger charge is -2.13. The Kier molecular flexibility index (Phi) is 5.96. The Hall–Kier alpha value is -8.02. The van der Waals surface area contributed by atoms with Crippen LogP contribution in [0.15, 0.2) is 186 Å². The average Bonchev–Trinajstić information content (AvgIpc) is 3.92. The Morgan fingerprint density at radius 2 is 0.983 bits per heavy atom. The summed E-state index contributed by atoms with van der Waals surface area (Å²) in [5, 5.41) is 10.3. The van der Waals surface area contributed by atoms with E-state index in [1.54, 1.807) is 0 Å². The Morgan fingerprint density at radius 3 is 1.85 bits per heavy atom. The lowest BCUT2D eigenvalue weighted by Crippen LogP contribution is -2.03. The number of fused-ring (bicyclic) bond motifs is 17. The Balaban J connectivity index is 1.13. The molecule has 13 aromatic rings. The molecule has 0 aliphatic carbocycles. The summed E-state index contributed by atoms with van der Waals surface area (Å²) >= 11 is 0. The quantitative estimate of drug-likeness (QED) is 0.165. The van der Waals surface area contributed by atoms with Gasteiger partial charge in [-0.2, -0.15) is 0 Å². The van der Waals surface area contributed by atoms with E-state index in [0.29, 0.717) is 11.5 Å². The maximum Gasteiger partial charge on any atom is 0.236 e. The molecule has 0 saturated heterocycles. The number of rotatable bonds is 2. The fourth-order valence-electron chi connectivity index (χ4n) is 10.2. The SMILES string of the molecule is c1ccc2c(c1)-c1ccccc1-n1c3cc4c5ccccc5n(-c5nc(-c6cc7ccccc7c7ccccc67)c6oc7ccccc7c6n5)c4cc3c3cccc-2c31. The maximum atomic E-state index is 6.71. The van der Waals surface area contributed by atoms with E-state index in [2.05, 4.69) is 179 Å². The van der Waals surface area contributed by atoms with Gasteiger partial charge in [-0.05, 0) is 75.1 Å². The van der Waals surface area contributed by atoms with E-state index in [-0.39, 0.29) is 0 Å². The van der Waals surface area contributed by atoms with Gasteiger partial charge in [0.15, 0.2) is 5.58 Å². The summed E-state index contributed by atoms with van der Waals surface area (Å²) in [6.45, 7) is 0. The van der Waals surface area contributed by atoms with Crippen molar-refractivity contribution < 1.29 is 4.42 Å².